The number of nitro benzene ring substituents is 1. The molecule has 0 heterocycles. The van der Waals surface area contributed by atoms with Crippen LogP contribution in [-0.2, 0) is 0 Å². The number of benzene rings is 2. The molecule has 0 fully saturated rings. The van der Waals surface area contributed by atoms with Crippen LogP contribution in [-0.4, -0.2) is 4.92 Å². The van der Waals surface area contributed by atoms with Crippen LogP contribution in [0.25, 0.3) is 0 Å². The molecule has 0 aliphatic rings. The van der Waals surface area contributed by atoms with Crippen LogP contribution in [0.5, 0.6) is 0 Å². The number of hydrogen-bond acceptors (Lipinski definition) is 5. The third-order valence-corrected chi connectivity index (χ3v) is 3.14. The minimum atomic E-state index is -0.448. The van der Waals surface area contributed by atoms with Crippen molar-refractivity contribution in [1.29, 1.82) is 0 Å². The molecule has 0 saturated carbocycles. The summed E-state index contributed by atoms with van der Waals surface area (Å²) >= 11 is 0. The molecule has 4 N–H and O–H groups in total. The van der Waals surface area contributed by atoms with Crippen LogP contribution < -0.4 is 16.6 Å². The summed E-state index contributed by atoms with van der Waals surface area (Å²) in [5.41, 5.74) is 5.58. The average Bonchev–Trinajstić information content (AvgIpc) is 2.47. The first-order valence-corrected chi connectivity index (χ1v) is 6.62. The molecule has 0 atom stereocenters. The smallest absolute Gasteiger partial charge is 0.273 e. The molecule has 110 valence electrons. The van der Waals surface area contributed by atoms with Gasteiger partial charge in [0.25, 0.3) is 5.69 Å². The van der Waals surface area contributed by atoms with E-state index in [0.29, 0.717) is 17.3 Å². The highest BCUT2D eigenvalue weighted by atomic mass is 16.6. The second-order valence-electron chi connectivity index (χ2n) is 5.08. The molecule has 0 aromatic heterocycles. The maximum absolute atomic E-state index is 10.9. The summed E-state index contributed by atoms with van der Waals surface area (Å²) in [7, 11) is 0. The highest BCUT2D eigenvalue weighted by molar-refractivity contribution is 5.68. The van der Waals surface area contributed by atoms with Crippen molar-refractivity contribution in [3.05, 3.63) is 58.1 Å². The molecule has 0 spiro atoms. The Morgan fingerprint density at radius 3 is 2.43 bits per heavy atom. The molecule has 0 aliphatic carbocycles. The van der Waals surface area contributed by atoms with E-state index in [1.165, 1.54) is 17.7 Å². The second-order valence-corrected chi connectivity index (χ2v) is 5.08. The standard InChI is InChI=1S/C15H18N4O2/c1-10(2)11-4-3-5-12(6-11)17-13-7-14(18-16)9-15(8-13)19(20)21/h3-10,17-18H,16H2,1-2H3. The molecular weight excluding hydrogens is 268 g/mol. The van der Waals surface area contributed by atoms with Crippen molar-refractivity contribution in [3.63, 3.8) is 0 Å². The molecule has 0 amide bonds. The first-order valence-electron chi connectivity index (χ1n) is 6.62. The van der Waals surface area contributed by atoms with Gasteiger partial charge in [-0.1, -0.05) is 26.0 Å². The summed E-state index contributed by atoms with van der Waals surface area (Å²) in [6.07, 6.45) is 0. The molecule has 0 radical (unpaired) electrons. The van der Waals surface area contributed by atoms with E-state index in [-0.39, 0.29) is 5.69 Å². The first kappa shape index (κ1) is 14.8. The Labute approximate surface area is 123 Å². The fourth-order valence-electron chi connectivity index (χ4n) is 2.01. The van der Waals surface area contributed by atoms with Crippen LogP contribution in [0.4, 0.5) is 22.7 Å². The lowest BCUT2D eigenvalue weighted by Gasteiger charge is -2.11. The second kappa shape index (κ2) is 6.23. The van der Waals surface area contributed by atoms with Crippen molar-refractivity contribution < 1.29 is 4.92 Å². The van der Waals surface area contributed by atoms with E-state index in [0.717, 1.165) is 5.69 Å². The summed E-state index contributed by atoms with van der Waals surface area (Å²) in [6, 6.07) is 12.5. The Morgan fingerprint density at radius 2 is 1.81 bits per heavy atom. The number of nitrogens with one attached hydrogen (secondary N) is 2. The van der Waals surface area contributed by atoms with Gasteiger partial charge in [-0.3, -0.25) is 16.0 Å². The van der Waals surface area contributed by atoms with Gasteiger partial charge < -0.3 is 10.7 Å². The number of nitro groups is 1. The zero-order valence-electron chi connectivity index (χ0n) is 12.0. The molecule has 2 aromatic rings. The van der Waals surface area contributed by atoms with Gasteiger partial charge in [0.2, 0.25) is 0 Å². The monoisotopic (exact) mass is 286 g/mol. The number of hydrazine groups is 1. The lowest BCUT2D eigenvalue weighted by atomic mass is 10.0. The predicted octanol–water partition coefficient (Wildman–Crippen LogP) is 3.75. The highest BCUT2D eigenvalue weighted by Gasteiger charge is 2.10. The summed E-state index contributed by atoms with van der Waals surface area (Å²) in [4.78, 5) is 10.5. The first-order chi connectivity index (χ1) is 9.99. The molecule has 0 saturated heterocycles. The fourth-order valence-corrected chi connectivity index (χ4v) is 2.01. The van der Waals surface area contributed by atoms with E-state index < -0.39 is 4.92 Å². The maximum Gasteiger partial charge on any atom is 0.273 e. The van der Waals surface area contributed by atoms with Gasteiger partial charge in [0.05, 0.1) is 10.6 Å². The van der Waals surface area contributed by atoms with E-state index in [1.807, 2.05) is 18.2 Å². The SMILES string of the molecule is CC(C)c1cccc(Nc2cc(NN)cc([N+](=O)[O-])c2)c1. The van der Waals surface area contributed by atoms with Crippen molar-refractivity contribution >= 4 is 22.7 Å². The number of nitrogen functional groups attached to an aromatic ring is 1. The largest absolute Gasteiger partial charge is 0.355 e. The number of non-ortho nitro benzene ring substituents is 1. The molecule has 6 heteroatoms. The Bertz CT molecular complexity index is 656. The van der Waals surface area contributed by atoms with Crippen LogP contribution in [0, 0.1) is 10.1 Å². The molecule has 6 nitrogen and oxygen atoms in total. The molecule has 0 unspecified atom stereocenters. The zero-order valence-corrected chi connectivity index (χ0v) is 12.0. The van der Waals surface area contributed by atoms with Gasteiger partial charge in [-0.25, -0.2) is 0 Å². The number of hydrogen-bond donors (Lipinski definition) is 3. The molecule has 0 aliphatic heterocycles. The Kier molecular flexibility index (Phi) is 4.39. The van der Waals surface area contributed by atoms with Crippen LogP contribution in [0.15, 0.2) is 42.5 Å². The average molecular weight is 286 g/mol. The van der Waals surface area contributed by atoms with Gasteiger partial charge in [-0.15, -0.1) is 0 Å². The lowest BCUT2D eigenvalue weighted by molar-refractivity contribution is -0.384. The molecule has 2 aromatic carbocycles. The van der Waals surface area contributed by atoms with Gasteiger partial charge in [0, 0.05) is 23.5 Å². The molecule has 21 heavy (non-hydrogen) atoms. The van der Waals surface area contributed by atoms with Crippen LogP contribution in [0.2, 0.25) is 0 Å². The van der Waals surface area contributed by atoms with Crippen molar-refractivity contribution in [3.8, 4) is 0 Å². The van der Waals surface area contributed by atoms with Gasteiger partial charge >= 0.3 is 0 Å². The van der Waals surface area contributed by atoms with Crippen molar-refractivity contribution in [1.82, 2.24) is 0 Å². The van der Waals surface area contributed by atoms with Crippen molar-refractivity contribution in [2.45, 2.75) is 19.8 Å². The minimum Gasteiger partial charge on any atom is -0.355 e. The fraction of sp³-hybridized carbons (Fsp3) is 0.200. The van der Waals surface area contributed by atoms with E-state index in [9.17, 15) is 10.1 Å². The van der Waals surface area contributed by atoms with E-state index in [1.54, 1.807) is 6.07 Å². The maximum atomic E-state index is 10.9. The summed E-state index contributed by atoms with van der Waals surface area (Å²) in [5.74, 6) is 5.76. The lowest BCUT2D eigenvalue weighted by Crippen LogP contribution is -2.07. The van der Waals surface area contributed by atoms with E-state index in [2.05, 4.69) is 30.7 Å². The van der Waals surface area contributed by atoms with E-state index >= 15 is 0 Å². The minimum absolute atomic E-state index is 0.0204. The van der Waals surface area contributed by atoms with Gasteiger partial charge in [0.1, 0.15) is 0 Å². The van der Waals surface area contributed by atoms with Crippen molar-refractivity contribution in [2.24, 2.45) is 5.84 Å². The van der Waals surface area contributed by atoms with Crippen LogP contribution in [0.1, 0.15) is 25.3 Å². The van der Waals surface area contributed by atoms with Crippen molar-refractivity contribution in [2.75, 3.05) is 10.7 Å². The van der Waals surface area contributed by atoms with Crippen LogP contribution >= 0.6 is 0 Å². The topological polar surface area (TPSA) is 93.2 Å². The number of nitrogens with zero attached hydrogens (tertiary/aromatic N) is 1. The third-order valence-electron chi connectivity index (χ3n) is 3.14. The normalized spacial score (nSPS) is 10.5. The van der Waals surface area contributed by atoms with Gasteiger partial charge in [0.15, 0.2) is 0 Å². The molecule has 2 rings (SSSR count). The van der Waals surface area contributed by atoms with Gasteiger partial charge in [-0.2, -0.15) is 0 Å². The van der Waals surface area contributed by atoms with Crippen LogP contribution in [0.3, 0.4) is 0 Å². The van der Waals surface area contributed by atoms with E-state index in [4.69, 9.17) is 5.84 Å². The zero-order chi connectivity index (χ0) is 15.4. The number of anilines is 3. The predicted molar refractivity (Wildman–Crippen MR) is 84.7 cm³/mol. The number of nitrogens with two attached hydrogens (primary N) is 1. The third kappa shape index (κ3) is 3.70. The van der Waals surface area contributed by atoms with Gasteiger partial charge in [-0.05, 0) is 29.7 Å². The quantitative estimate of drug-likeness (QED) is 0.442. The highest BCUT2D eigenvalue weighted by Crippen LogP contribution is 2.27. The molecular formula is C15H18N4O2. The Morgan fingerprint density at radius 1 is 1.10 bits per heavy atom. The summed E-state index contributed by atoms with van der Waals surface area (Å²) in [5, 5.41) is 14.1. The Hall–Kier alpha value is -2.60. The summed E-state index contributed by atoms with van der Waals surface area (Å²) in [6.45, 7) is 4.23. The Balaban J connectivity index is 2.32. The number of rotatable bonds is 5. The molecule has 0 bridgehead atoms. The summed E-state index contributed by atoms with van der Waals surface area (Å²) < 4.78 is 0.